The highest BCUT2D eigenvalue weighted by molar-refractivity contribution is 5.84. The highest BCUT2D eigenvalue weighted by Crippen LogP contribution is 2.57. The van der Waals surface area contributed by atoms with E-state index in [2.05, 4.69) is 0 Å². The van der Waals surface area contributed by atoms with Gasteiger partial charge in [0.25, 0.3) is 0 Å². The Bertz CT molecular complexity index is 230. The van der Waals surface area contributed by atoms with E-state index in [0.717, 1.165) is 6.29 Å². The van der Waals surface area contributed by atoms with Gasteiger partial charge >= 0.3 is 5.97 Å². The third-order valence-corrected chi connectivity index (χ3v) is 2.66. The van der Waals surface area contributed by atoms with Crippen molar-refractivity contribution in [3.8, 4) is 0 Å². The zero-order chi connectivity index (χ0) is 10.2. The van der Waals surface area contributed by atoms with Crippen LogP contribution in [-0.4, -0.2) is 18.4 Å². The van der Waals surface area contributed by atoms with Gasteiger partial charge in [0.2, 0.25) is 0 Å². The maximum absolute atomic E-state index is 11.4. The highest BCUT2D eigenvalue weighted by Gasteiger charge is 2.62. The molecule has 0 spiro atoms. The molecular formula is C10H16O3. The summed E-state index contributed by atoms with van der Waals surface area (Å²) in [4.78, 5) is 22.0. The Balaban J connectivity index is 2.56. The molecule has 74 valence electrons. The lowest BCUT2D eigenvalue weighted by Crippen LogP contribution is -2.15. The first-order chi connectivity index (χ1) is 5.91. The molecule has 1 fully saturated rings. The molecule has 0 saturated heterocycles. The number of esters is 1. The monoisotopic (exact) mass is 184 g/mol. The molecule has 1 aliphatic carbocycles. The third-order valence-electron chi connectivity index (χ3n) is 2.66. The van der Waals surface area contributed by atoms with Crippen molar-refractivity contribution in [1.82, 2.24) is 0 Å². The number of carbonyl (C=O) groups is 2. The summed E-state index contributed by atoms with van der Waals surface area (Å²) in [5.41, 5.74) is -0.201. The van der Waals surface area contributed by atoms with E-state index in [9.17, 15) is 9.59 Å². The average molecular weight is 184 g/mol. The van der Waals surface area contributed by atoms with Crippen molar-refractivity contribution in [2.45, 2.75) is 33.8 Å². The number of hydrogen-bond donors (Lipinski definition) is 0. The first-order valence-electron chi connectivity index (χ1n) is 4.57. The van der Waals surface area contributed by atoms with Gasteiger partial charge in [-0.1, -0.05) is 13.8 Å². The fraction of sp³-hybridized carbons (Fsp3) is 0.800. The Morgan fingerprint density at radius 1 is 1.46 bits per heavy atom. The number of hydrogen-bond acceptors (Lipinski definition) is 3. The quantitative estimate of drug-likeness (QED) is 0.492. The molecule has 0 bridgehead atoms. The summed E-state index contributed by atoms with van der Waals surface area (Å²) < 4.78 is 5.04. The molecule has 0 amide bonds. The first-order valence-corrected chi connectivity index (χ1v) is 4.57. The molecule has 0 aliphatic heterocycles. The second-order valence-corrected chi connectivity index (χ2v) is 4.45. The summed E-state index contributed by atoms with van der Waals surface area (Å²) in [6.07, 6.45) is 0.753. The topological polar surface area (TPSA) is 43.4 Å². The van der Waals surface area contributed by atoms with Gasteiger partial charge in [0.15, 0.2) is 0 Å². The number of aldehydes is 1. The largest absolute Gasteiger partial charge is 0.463 e. The predicted molar refractivity (Wildman–Crippen MR) is 48.1 cm³/mol. The summed E-state index contributed by atoms with van der Waals surface area (Å²) in [5, 5.41) is 0. The van der Waals surface area contributed by atoms with Crippen molar-refractivity contribution >= 4 is 12.3 Å². The zero-order valence-electron chi connectivity index (χ0n) is 8.53. The van der Waals surface area contributed by atoms with E-state index in [4.69, 9.17) is 4.74 Å². The van der Waals surface area contributed by atoms with Gasteiger partial charge in [0, 0.05) is 5.92 Å². The van der Waals surface area contributed by atoms with E-state index in [0.29, 0.717) is 0 Å². The van der Waals surface area contributed by atoms with Gasteiger partial charge in [-0.2, -0.15) is 0 Å². The molecule has 13 heavy (non-hydrogen) atoms. The summed E-state index contributed by atoms with van der Waals surface area (Å²) in [6.45, 7) is 7.45. The van der Waals surface area contributed by atoms with Gasteiger partial charge in [-0.05, 0) is 19.3 Å². The van der Waals surface area contributed by atoms with Crippen molar-refractivity contribution in [2.75, 3.05) is 0 Å². The lowest BCUT2D eigenvalue weighted by molar-refractivity contribution is -0.150. The Morgan fingerprint density at radius 2 is 2.00 bits per heavy atom. The van der Waals surface area contributed by atoms with Gasteiger partial charge < -0.3 is 9.53 Å². The van der Waals surface area contributed by atoms with Gasteiger partial charge in [0.1, 0.15) is 6.29 Å². The van der Waals surface area contributed by atoms with E-state index in [-0.39, 0.29) is 29.3 Å². The third kappa shape index (κ3) is 1.74. The molecule has 3 heteroatoms. The smallest absolute Gasteiger partial charge is 0.310 e. The summed E-state index contributed by atoms with van der Waals surface area (Å²) in [6, 6.07) is 0. The molecular weight excluding hydrogens is 168 g/mol. The highest BCUT2D eigenvalue weighted by atomic mass is 16.5. The van der Waals surface area contributed by atoms with Crippen LogP contribution in [0, 0.1) is 17.3 Å². The fourth-order valence-electron chi connectivity index (χ4n) is 1.69. The molecule has 1 aliphatic rings. The van der Waals surface area contributed by atoms with Crippen LogP contribution >= 0.6 is 0 Å². The van der Waals surface area contributed by atoms with Crippen LogP contribution in [0.1, 0.15) is 27.7 Å². The predicted octanol–water partition coefficient (Wildman–Crippen LogP) is 1.41. The normalized spacial score (nSPS) is 29.9. The van der Waals surface area contributed by atoms with Crippen LogP contribution in [0.5, 0.6) is 0 Å². The SMILES string of the molecule is CC(C)OC(=O)[C@H]1[C@H](C=O)C1(C)C. The van der Waals surface area contributed by atoms with Crippen LogP contribution in [0.4, 0.5) is 0 Å². The van der Waals surface area contributed by atoms with Gasteiger partial charge in [0.05, 0.1) is 12.0 Å². The number of carbonyl (C=O) groups excluding carboxylic acids is 2. The van der Waals surface area contributed by atoms with E-state index >= 15 is 0 Å². The maximum Gasteiger partial charge on any atom is 0.310 e. The van der Waals surface area contributed by atoms with Crippen LogP contribution in [0.25, 0.3) is 0 Å². The molecule has 0 aromatic heterocycles. The molecule has 1 rings (SSSR count). The van der Waals surface area contributed by atoms with Gasteiger partial charge in [-0.15, -0.1) is 0 Å². The molecule has 0 unspecified atom stereocenters. The minimum Gasteiger partial charge on any atom is -0.463 e. The van der Waals surface area contributed by atoms with Crippen molar-refractivity contribution in [3.05, 3.63) is 0 Å². The lowest BCUT2D eigenvalue weighted by atomic mass is 10.1. The van der Waals surface area contributed by atoms with Crippen molar-refractivity contribution < 1.29 is 14.3 Å². The average Bonchev–Trinajstić information content (AvgIpc) is 2.51. The maximum atomic E-state index is 11.4. The Morgan fingerprint density at radius 3 is 2.31 bits per heavy atom. The number of rotatable bonds is 3. The summed E-state index contributed by atoms with van der Waals surface area (Å²) in [7, 11) is 0. The van der Waals surface area contributed by atoms with Crippen LogP contribution in [-0.2, 0) is 14.3 Å². The van der Waals surface area contributed by atoms with Crippen molar-refractivity contribution in [2.24, 2.45) is 17.3 Å². The Labute approximate surface area is 78.5 Å². The molecule has 1 saturated carbocycles. The lowest BCUT2D eigenvalue weighted by Gasteiger charge is -2.07. The summed E-state index contributed by atoms with van der Waals surface area (Å²) >= 11 is 0. The van der Waals surface area contributed by atoms with Crippen LogP contribution in [0.2, 0.25) is 0 Å². The minimum absolute atomic E-state index is 0.101. The zero-order valence-corrected chi connectivity index (χ0v) is 8.53. The van der Waals surface area contributed by atoms with Crippen LogP contribution in [0.15, 0.2) is 0 Å². The summed E-state index contributed by atoms with van der Waals surface area (Å²) in [5.74, 6) is -0.622. The van der Waals surface area contributed by atoms with Crippen LogP contribution < -0.4 is 0 Å². The molecule has 0 aromatic carbocycles. The Hall–Kier alpha value is -0.860. The first kappa shape index (κ1) is 10.2. The van der Waals surface area contributed by atoms with Gasteiger partial charge in [-0.25, -0.2) is 0 Å². The van der Waals surface area contributed by atoms with Crippen molar-refractivity contribution in [3.63, 3.8) is 0 Å². The standard InChI is InChI=1S/C10H16O3/c1-6(2)13-9(12)8-7(5-11)10(8,3)4/h5-8H,1-4H3/t7-,8+/m0/s1. The molecule has 2 atom stereocenters. The van der Waals surface area contributed by atoms with Gasteiger partial charge in [-0.3, -0.25) is 4.79 Å². The molecule has 0 radical (unpaired) electrons. The van der Waals surface area contributed by atoms with Crippen molar-refractivity contribution in [1.29, 1.82) is 0 Å². The van der Waals surface area contributed by atoms with E-state index in [1.807, 2.05) is 27.7 Å². The Kier molecular flexibility index (Phi) is 2.46. The molecule has 0 N–H and O–H groups in total. The second-order valence-electron chi connectivity index (χ2n) is 4.45. The van der Waals surface area contributed by atoms with E-state index < -0.39 is 0 Å². The fourth-order valence-corrected chi connectivity index (χ4v) is 1.69. The second kappa shape index (κ2) is 3.13. The minimum atomic E-state index is -0.239. The molecule has 3 nitrogen and oxygen atoms in total. The van der Waals surface area contributed by atoms with Crippen LogP contribution in [0.3, 0.4) is 0 Å². The number of ether oxygens (including phenoxy) is 1. The van der Waals surface area contributed by atoms with E-state index in [1.165, 1.54) is 0 Å². The van der Waals surface area contributed by atoms with E-state index in [1.54, 1.807) is 0 Å². The molecule has 0 heterocycles. The molecule has 0 aromatic rings.